The number of anilines is 1. The van der Waals surface area contributed by atoms with Gasteiger partial charge >= 0.3 is 0 Å². The lowest BCUT2D eigenvalue weighted by Crippen LogP contribution is -2.40. The van der Waals surface area contributed by atoms with Crippen LogP contribution in [-0.4, -0.2) is 41.4 Å². The van der Waals surface area contributed by atoms with Gasteiger partial charge in [0.1, 0.15) is 5.75 Å². The number of H-pyrrole nitrogens is 1. The summed E-state index contributed by atoms with van der Waals surface area (Å²) in [6, 6.07) is 13.7. The van der Waals surface area contributed by atoms with Gasteiger partial charge in [0, 0.05) is 18.7 Å². The summed E-state index contributed by atoms with van der Waals surface area (Å²) >= 11 is 5.77. The smallest absolute Gasteiger partial charge is 0.253 e. The Labute approximate surface area is 193 Å². The Bertz CT molecular complexity index is 1180. The predicted octanol–water partition coefficient (Wildman–Crippen LogP) is 4.53. The number of aryl methyl sites for hydroxylation is 2. The van der Waals surface area contributed by atoms with Gasteiger partial charge in [-0.05, 0) is 73.6 Å². The van der Waals surface area contributed by atoms with E-state index in [9.17, 15) is 4.79 Å². The highest BCUT2D eigenvalue weighted by Gasteiger charge is 2.23. The van der Waals surface area contributed by atoms with Gasteiger partial charge in [0.15, 0.2) is 5.11 Å². The van der Waals surface area contributed by atoms with Gasteiger partial charge in [-0.1, -0.05) is 24.3 Å². The first-order valence-corrected chi connectivity index (χ1v) is 11.3. The Hall–Kier alpha value is -2.90. The van der Waals surface area contributed by atoms with Crippen LogP contribution in [0.3, 0.4) is 0 Å². The fourth-order valence-corrected chi connectivity index (χ4v) is 4.34. The van der Waals surface area contributed by atoms with Crippen molar-refractivity contribution >= 4 is 33.9 Å². The van der Waals surface area contributed by atoms with E-state index in [0.29, 0.717) is 29.5 Å². The van der Waals surface area contributed by atoms with E-state index in [1.54, 1.807) is 7.11 Å². The van der Waals surface area contributed by atoms with Crippen molar-refractivity contribution in [3.05, 3.63) is 69.5 Å². The number of para-hydroxylation sites is 2. The highest BCUT2D eigenvalue weighted by molar-refractivity contribution is 7.80. The largest absolute Gasteiger partial charge is 0.495 e. The molecule has 0 spiro atoms. The Morgan fingerprint density at radius 3 is 2.84 bits per heavy atom. The minimum Gasteiger partial charge on any atom is -0.495 e. The third-order valence-electron chi connectivity index (χ3n) is 6.07. The van der Waals surface area contributed by atoms with Crippen LogP contribution >= 0.6 is 12.2 Å². The lowest BCUT2D eigenvalue weighted by Gasteiger charge is -2.28. The first-order chi connectivity index (χ1) is 15.5. The maximum absolute atomic E-state index is 13.0. The maximum atomic E-state index is 13.0. The van der Waals surface area contributed by atoms with Crippen molar-refractivity contribution in [3.63, 3.8) is 0 Å². The molecule has 1 saturated heterocycles. The number of rotatable bonds is 6. The van der Waals surface area contributed by atoms with Crippen LogP contribution < -0.4 is 15.6 Å². The van der Waals surface area contributed by atoms with E-state index in [4.69, 9.17) is 21.7 Å². The average molecular weight is 452 g/mol. The Balaban J connectivity index is 1.63. The molecule has 2 N–H and O–H groups in total. The summed E-state index contributed by atoms with van der Waals surface area (Å²) in [5, 5.41) is 4.84. The molecule has 0 saturated carbocycles. The van der Waals surface area contributed by atoms with Gasteiger partial charge in [-0.15, -0.1) is 0 Å². The second kappa shape index (κ2) is 9.71. The van der Waals surface area contributed by atoms with Crippen LogP contribution in [0, 0.1) is 13.8 Å². The van der Waals surface area contributed by atoms with Crippen LogP contribution in [0.1, 0.15) is 29.5 Å². The van der Waals surface area contributed by atoms with Gasteiger partial charge in [-0.2, -0.15) is 0 Å². The molecule has 1 aliphatic heterocycles. The lowest BCUT2D eigenvalue weighted by atomic mass is 10.0. The molecule has 1 aromatic heterocycles. The first kappa shape index (κ1) is 22.3. The van der Waals surface area contributed by atoms with Gasteiger partial charge in [-0.25, -0.2) is 0 Å². The van der Waals surface area contributed by atoms with Crippen molar-refractivity contribution in [1.82, 2.24) is 9.88 Å². The molecule has 0 bridgehead atoms. The molecule has 4 rings (SSSR count). The van der Waals surface area contributed by atoms with Crippen LogP contribution in [0.4, 0.5) is 5.69 Å². The average Bonchev–Trinajstić information content (AvgIpc) is 3.30. The fourth-order valence-electron chi connectivity index (χ4n) is 4.09. The molecule has 1 aliphatic rings. The third kappa shape index (κ3) is 4.79. The van der Waals surface area contributed by atoms with Crippen molar-refractivity contribution in [3.8, 4) is 5.75 Å². The zero-order chi connectivity index (χ0) is 22.7. The van der Waals surface area contributed by atoms with E-state index >= 15 is 0 Å². The molecule has 168 valence electrons. The van der Waals surface area contributed by atoms with Crippen LogP contribution in [0.25, 0.3) is 10.9 Å². The van der Waals surface area contributed by atoms with E-state index in [2.05, 4.69) is 16.4 Å². The number of aromatic nitrogens is 1. The van der Waals surface area contributed by atoms with Gasteiger partial charge in [0.05, 0.1) is 31.0 Å². The molecule has 1 atom stereocenters. The number of thiocarbonyl (C=S) groups is 1. The standard InChI is InChI=1S/C25H29N3O3S/c1-16-10-11-18-13-19(24(29)27-23(18)17(16)2)14-28(15-20-7-6-12-31-20)25(32)26-21-8-4-5-9-22(21)30-3/h4-5,8-11,13,20H,6-7,12,14-15H2,1-3H3,(H,26,32)(H,27,29). The highest BCUT2D eigenvalue weighted by atomic mass is 32.1. The number of fused-ring (bicyclic) bond motifs is 1. The summed E-state index contributed by atoms with van der Waals surface area (Å²) in [5.74, 6) is 0.710. The molecule has 0 aliphatic carbocycles. The van der Waals surface area contributed by atoms with E-state index < -0.39 is 0 Å². The van der Waals surface area contributed by atoms with Crippen molar-refractivity contribution in [2.45, 2.75) is 39.3 Å². The van der Waals surface area contributed by atoms with Crippen molar-refractivity contribution in [2.75, 3.05) is 25.6 Å². The molecule has 32 heavy (non-hydrogen) atoms. The number of pyridine rings is 1. The number of nitrogens with zero attached hydrogens (tertiary/aromatic N) is 1. The van der Waals surface area contributed by atoms with E-state index in [-0.39, 0.29) is 11.7 Å². The Kier molecular flexibility index (Phi) is 6.77. The van der Waals surface area contributed by atoms with Crippen LogP contribution in [0.5, 0.6) is 5.75 Å². The monoisotopic (exact) mass is 451 g/mol. The van der Waals surface area contributed by atoms with E-state index in [1.807, 2.05) is 55.1 Å². The van der Waals surface area contributed by atoms with Gasteiger partial charge in [0.25, 0.3) is 5.56 Å². The van der Waals surface area contributed by atoms with Crippen molar-refractivity contribution in [2.24, 2.45) is 0 Å². The number of hydrogen-bond donors (Lipinski definition) is 2. The Morgan fingerprint density at radius 1 is 1.28 bits per heavy atom. The molecule has 7 heteroatoms. The Morgan fingerprint density at radius 2 is 2.09 bits per heavy atom. The molecule has 2 aromatic carbocycles. The molecule has 6 nitrogen and oxygen atoms in total. The predicted molar refractivity (Wildman–Crippen MR) is 133 cm³/mol. The lowest BCUT2D eigenvalue weighted by molar-refractivity contribution is 0.0904. The highest BCUT2D eigenvalue weighted by Crippen LogP contribution is 2.25. The molecule has 1 unspecified atom stereocenters. The molecule has 1 fully saturated rings. The van der Waals surface area contributed by atoms with E-state index in [0.717, 1.165) is 47.2 Å². The number of hydrogen-bond acceptors (Lipinski definition) is 4. The molecular formula is C25H29N3O3S. The minimum absolute atomic E-state index is 0.0939. The van der Waals surface area contributed by atoms with Gasteiger partial charge in [-0.3, -0.25) is 4.79 Å². The number of benzene rings is 2. The van der Waals surface area contributed by atoms with Crippen LogP contribution in [0.15, 0.2) is 47.3 Å². The van der Waals surface area contributed by atoms with Crippen LogP contribution in [-0.2, 0) is 11.3 Å². The zero-order valence-corrected chi connectivity index (χ0v) is 19.6. The quantitative estimate of drug-likeness (QED) is 0.537. The number of methoxy groups -OCH3 is 1. The van der Waals surface area contributed by atoms with Gasteiger partial charge < -0.3 is 24.7 Å². The van der Waals surface area contributed by atoms with Gasteiger partial charge in [0.2, 0.25) is 0 Å². The molecule has 2 heterocycles. The zero-order valence-electron chi connectivity index (χ0n) is 18.7. The normalized spacial score (nSPS) is 15.7. The second-order valence-electron chi connectivity index (χ2n) is 8.24. The van der Waals surface area contributed by atoms with Crippen LogP contribution in [0.2, 0.25) is 0 Å². The van der Waals surface area contributed by atoms with E-state index in [1.165, 1.54) is 0 Å². The summed E-state index contributed by atoms with van der Waals surface area (Å²) in [6.45, 7) is 5.85. The summed E-state index contributed by atoms with van der Waals surface area (Å²) in [5.41, 5.74) is 4.50. The molecule has 0 amide bonds. The number of ether oxygens (including phenoxy) is 2. The topological polar surface area (TPSA) is 66.6 Å². The molecular weight excluding hydrogens is 422 g/mol. The summed E-state index contributed by atoms with van der Waals surface area (Å²) in [7, 11) is 1.63. The maximum Gasteiger partial charge on any atom is 0.253 e. The summed E-state index contributed by atoms with van der Waals surface area (Å²) in [4.78, 5) is 18.0. The SMILES string of the molecule is COc1ccccc1NC(=S)N(Cc1cc2ccc(C)c(C)c2[nH]c1=O)CC1CCCO1. The minimum atomic E-state index is -0.0939. The first-order valence-electron chi connectivity index (χ1n) is 10.9. The molecule has 0 radical (unpaired) electrons. The van der Waals surface area contributed by atoms with Crippen molar-refractivity contribution < 1.29 is 9.47 Å². The third-order valence-corrected chi connectivity index (χ3v) is 6.43. The van der Waals surface area contributed by atoms with Crippen molar-refractivity contribution in [1.29, 1.82) is 0 Å². The summed E-state index contributed by atoms with van der Waals surface area (Å²) in [6.07, 6.45) is 2.12. The number of nitrogens with one attached hydrogen (secondary N) is 2. The summed E-state index contributed by atoms with van der Waals surface area (Å²) < 4.78 is 11.3. The fraction of sp³-hybridized carbons (Fsp3) is 0.360. The second-order valence-corrected chi connectivity index (χ2v) is 8.63. The number of aromatic amines is 1. The molecule has 3 aromatic rings.